The van der Waals surface area contributed by atoms with Crippen molar-refractivity contribution in [3.8, 4) is 0 Å². The summed E-state index contributed by atoms with van der Waals surface area (Å²) in [4.78, 5) is 17.6. The van der Waals surface area contributed by atoms with E-state index in [0.29, 0.717) is 5.82 Å². The van der Waals surface area contributed by atoms with Crippen molar-refractivity contribution in [3.05, 3.63) is 75.8 Å². The lowest BCUT2D eigenvalue weighted by atomic mass is 9.94. The van der Waals surface area contributed by atoms with Gasteiger partial charge in [0.15, 0.2) is 0 Å². The molecule has 0 saturated carbocycles. The topological polar surface area (TPSA) is 60.9 Å². The van der Waals surface area contributed by atoms with Crippen LogP contribution in [0.4, 0.5) is 13.2 Å². The number of alkyl halides is 3. The number of nitrogens with two attached hydrogens (primary N) is 1. The molecule has 0 spiro atoms. The lowest BCUT2D eigenvalue weighted by Crippen LogP contribution is -2.31. The van der Waals surface area contributed by atoms with Gasteiger partial charge in [-0.25, -0.2) is 4.98 Å². The summed E-state index contributed by atoms with van der Waals surface area (Å²) in [6.45, 7) is 4.42. The van der Waals surface area contributed by atoms with Crippen LogP contribution < -0.4 is 11.3 Å². The van der Waals surface area contributed by atoms with Gasteiger partial charge in [0.25, 0.3) is 5.56 Å². The summed E-state index contributed by atoms with van der Waals surface area (Å²) < 4.78 is 40.8. The van der Waals surface area contributed by atoms with Crippen LogP contribution in [0.2, 0.25) is 0 Å². The maximum atomic E-state index is 13.2. The van der Waals surface area contributed by atoms with Gasteiger partial charge in [0, 0.05) is 12.5 Å². The Bertz CT molecular complexity index is 1030. The standard InChI is InChI=1S/C21H22F3N3O/c1-13(2)17(11-25)19-26-18-10-15(21(22,23)24)8-9-16(18)20(28)27(19)12-14-6-4-3-5-7-14/h3-10,13,17H,11-12,25H2,1-2H3. The SMILES string of the molecule is CC(C)C(CN)c1nc2cc(C(F)(F)F)ccc2c(=O)n1Cc1ccccc1. The van der Waals surface area contributed by atoms with Gasteiger partial charge in [-0.3, -0.25) is 9.36 Å². The summed E-state index contributed by atoms with van der Waals surface area (Å²) in [5, 5.41) is 0.159. The average Bonchev–Trinajstić information content (AvgIpc) is 2.64. The maximum Gasteiger partial charge on any atom is 0.416 e. The zero-order valence-corrected chi connectivity index (χ0v) is 15.7. The molecule has 7 heteroatoms. The zero-order chi connectivity index (χ0) is 20.5. The van der Waals surface area contributed by atoms with Gasteiger partial charge in [-0.1, -0.05) is 44.2 Å². The Hall–Kier alpha value is -2.67. The van der Waals surface area contributed by atoms with Crippen LogP contribution in [-0.4, -0.2) is 16.1 Å². The Morgan fingerprint density at radius 2 is 1.79 bits per heavy atom. The van der Waals surface area contributed by atoms with Gasteiger partial charge in [-0.15, -0.1) is 0 Å². The monoisotopic (exact) mass is 389 g/mol. The summed E-state index contributed by atoms with van der Waals surface area (Å²) in [5.41, 5.74) is 5.68. The normalized spacial score (nSPS) is 13.2. The molecule has 2 N–H and O–H groups in total. The van der Waals surface area contributed by atoms with Crippen LogP contribution in [0, 0.1) is 5.92 Å². The van der Waals surface area contributed by atoms with Crippen molar-refractivity contribution >= 4 is 10.9 Å². The number of aromatic nitrogens is 2. The molecule has 1 unspecified atom stereocenters. The molecule has 0 saturated heterocycles. The molecule has 0 aliphatic carbocycles. The van der Waals surface area contributed by atoms with E-state index in [0.717, 1.165) is 17.7 Å². The molecule has 148 valence electrons. The predicted octanol–water partition coefficient (Wildman–Crippen LogP) is 4.16. The summed E-state index contributed by atoms with van der Waals surface area (Å²) in [6.07, 6.45) is -4.50. The number of fused-ring (bicyclic) bond motifs is 1. The van der Waals surface area contributed by atoms with E-state index in [1.54, 1.807) is 0 Å². The lowest BCUT2D eigenvalue weighted by Gasteiger charge is -2.23. The number of hydrogen-bond acceptors (Lipinski definition) is 3. The van der Waals surface area contributed by atoms with Gasteiger partial charge in [-0.2, -0.15) is 13.2 Å². The number of nitrogens with zero attached hydrogens (tertiary/aromatic N) is 2. The number of rotatable bonds is 5. The van der Waals surface area contributed by atoms with Crippen LogP contribution in [0.1, 0.15) is 36.7 Å². The minimum Gasteiger partial charge on any atom is -0.330 e. The Morgan fingerprint density at radius 3 is 2.36 bits per heavy atom. The molecule has 4 nitrogen and oxygen atoms in total. The summed E-state index contributed by atoms with van der Waals surface area (Å²) >= 11 is 0. The second-order valence-corrected chi connectivity index (χ2v) is 7.16. The third kappa shape index (κ3) is 3.94. The highest BCUT2D eigenvalue weighted by molar-refractivity contribution is 5.78. The van der Waals surface area contributed by atoms with Gasteiger partial charge in [0.2, 0.25) is 0 Å². The van der Waals surface area contributed by atoms with Crippen molar-refractivity contribution in [3.63, 3.8) is 0 Å². The molecule has 0 radical (unpaired) electrons. The second-order valence-electron chi connectivity index (χ2n) is 7.16. The van der Waals surface area contributed by atoms with Gasteiger partial charge < -0.3 is 5.73 Å². The number of halogens is 3. The molecule has 0 aliphatic rings. The van der Waals surface area contributed by atoms with E-state index in [9.17, 15) is 18.0 Å². The van der Waals surface area contributed by atoms with E-state index in [1.807, 2.05) is 44.2 Å². The van der Waals surface area contributed by atoms with E-state index in [-0.39, 0.29) is 41.4 Å². The first-order valence-corrected chi connectivity index (χ1v) is 9.08. The fraction of sp³-hybridized carbons (Fsp3) is 0.333. The van der Waals surface area contributed by atoms with Crippen molar-refractivity contribution in [1.82, 2.24) is 9.55 Å². The molecular formula is C21H22F3N3O. The Morgan fingerprint density at radius 1 is 1.11 bits per heavy atom. The zero-order valence-electron chi connectivity index (χ0n) is 15.7. The van der Waals surface area contributed by atoms with Gasteiger partial charge in [-0.05, 0) is 29.7 Å². The number of hydrogen-bond donors (Lipinski definition) is 1. The molecule has 1 heterocycles. The van der Waals surface area contributed by atoms with Gasteiger partial charge >= 0.3 is 6.18 Å². The average molecular weight is 389 g/mol. The summed E-state index contributed by atoms with van der Waals surface area (Å²) in [7, 11) is 0. The second kappa shape index (κ2) is 7.75. The van der Waals surface area contributed by atoms with Gasteiger partial charge in [0.1, 0.15) is 5.82 Å². The fourth-order valence-corrected chi connectivity index (χ4v) is 3.29. The lowest BCUT2D eigenvalue weighted by molar-refractivity contribution is -0.137. The molecule has 0 aliphatic heterocycles. The van der Waals surface area contributed by atoms with E-state index < -0.39 is 11.7 Å². The summed E-state index contributed by atoms with van der Waals surface area (Å²) in [6, 6.07) is 12.4. The molecule has 2 aromatic carbocycles. The van der Waals surface area contributed by atoms with Crippen LogP contribution in [0.5, 0.6) is 0 Å². The van der Waals surface area contributed by atoms with Gasteiger partial charge in [0.05, 0.1) is 23.0 Å². The van der Waals surface area contributed by atoms with Crippen LogP contribution in [0.25, 0.3) is 10.9 Å². The molecule has 0 amide bonds. The quantitative estimate of drug-likeness (QED) is 0.713. The van der Waals surface area contributed by atoms with Crippen molar-refractivity contribution in [1.29, 1.82) is 0 Å². The van der Waals surface area contributed by atoms with E-state index in [2.05, 4.69) is 4.98 Å². The first kappa shape index (κ1) is 20.1. The third-order valence-electron chi connectivity index (χ3n) is 4.89. The minimum absolute atomic E-state index is 0.0400. The van der Waals surface area contributed by atoms with E-state index in [1.165, 1.54) is 10.6 Å². The van der Waals surface area contributed by atoms with Crippen molar-refractivity contribution in [2.45, 2.75) is 32.5 Å². The molecule has 3 aromatic rings. The highest BCUT2D eigenvalue weighted by Gasteiger charge is 2.31. The minimum atomic E-state index is -4.50. The molecule has 3 rings (SSSR count). The Kier molecular flexibility index (Phi) is 5.56. The predicted molar refractivity (Wildman–Crippen MR) is 103 cm³/mol. The van der Waals surface area contributed by atoms with Crippen molar-refractivity contribution in [2.24, 2.45) is 11.7 Å². The van der Waals surface area contributed by atoms with Crippen LogP contribution in [0.3, 0.4) is 0 Å². The molecular weight excluding hydrogens is 367 g/mol. The Balaban J connectivity index is 2.26. The third-order valence-corrected chi connectivity index (χ3v) is 4.89. The number of benzene rings is 2. The smallest absolute Gasteiger partial charge is 0.330 e. The highest BCUT2D eigenvalue weighted by atomic mass is 19.4. The fourth-order valence-electron chi connectivity index (χ4n) is 3.29. The van der Waals surface area contributed by atoms with Crippen LogP contribution in [0.15, 0.2) is 53.3 Å². The molecule has 1 atom stereocenters. The van der Waals surface area contributed by atoms with Crippen molar-refractivity contribution < 1.29 is 13.2 Å². The van der Waals surface area contributed by atoms with E-state index >= 15 is 0 Å². The van der Waals surface area contributed by atoms with Crippen LogP contribution in [-0.2, 0) is 12.7 Å². The largest absolute Gasteiger partial charge is 0.416 e. The molecule has 0 bridgehead atoms. The maximum absolute atomic E-state index is 13.2. The summed E-state index contributed by atoms with van der Waals surface area (Å²) in [5.74, 6) is 0.232. The molecule has 1 aromatic heterocycles. The van der Waals surface area contributed by atoms with Crippen LogP contribution >= 0.6 is 0 Å². The first-order chi connectivity index (χ1) is 13.2. The highest BCUT2D eigenvalue weighted by Crippen LogP contribution is 2.31. The van der Waals surface area contributed by atoms with E-state index in [4.69, 9.17) is 5.73 Å². The molecule has 28 heavy (non-hydrogen) atoms. The first-order valence-electron chi connectivity index (χ1n) is 9.08. The Labute approximate surface area is 160 Å². The molecule has 0 fully saturated rings. The van der Waals surface area contributed by atoms with Crippen molar-refractivity contribution in [2.75, 3.05) is 6.54 Å².